The molecule has 0 spiro atoms. The van der Waals surface area contributed by atoms with Crippen molar-refractivity contribution in [3.8, 4) is 0 Å². The van der Waals surface area contributed by atoms with E-state index in [4.69, 9.17) is 0 Å². The lowest BCUT2D eigenvalue weighted by Crippen LogP contribution is -2.35. The first-order valence-corrected chi connectivity index (χ1v) is 7.88. The van der Waals surface area contributed by atoms with E-state index in [-0.39, 0.29) is 18.2 Å². The zero-order chi connectivity index (χ0) is 16.4. The fourth-order valence-electron chi connectivity index (χ4n) is 2.95. The number of carbonyl (C=O) groups excluding carboxylic acids is 2. The van der Waals surface area contributed by atoms with Crippen molar-refractivity contribution in [1.82, 2.24) is 0 Å². The minimum absolute atomic E-state index is 0.151. The van der Waals surface area contributed by atoms with Crippen LogP contribution < -0.4 is 10.2 Å². The van der Waals surface area contributed by atoms with Crippen LogP contribution in [0.2, 0.25) is 0 Å². The molecular formula is C19H20N2O2. The molecule has 2 aromatic carbocycles. The van der Waals surface area contributed by atoms with Gasteiger partial charge in [0.1, 0.15) is 6.04 Å². The monoisotopic (exact) mass is 308 g/mol. The first-order valence-electron chi connectivity index (χ1n) is 7.88. The molecule has 0 bridgehead atoms. The van der Waals surface area contributed by atoms with Gasteiger partial charge < -0.3 is 5.32 Å². The van der Waals surface area contributed by atoms with E-state index in [1.807, 2.05) is 62.4 Å². The first-order chi connectivity index (χ1) is 11.1. The molecule has 1 atom stereocenters. The van der Waals surface area contributed by atoms with Crippen LogP contribution in [-0.4, -0.2) is 17.9 Å². The van der Waals surface area contributed by atoms with Gasteiger partial charge in [0.25, 0.3) is 5.91 Å². The molecule has 1 saturated heterocycles. The van der Waals surface area contributed by atoms with Gasteiger partial charge in [-0.15, -0.1) is 0 Å². The lowest BCUT2D eigenvalue weighted by molar-refractivity contribution is -0.121. The van der Waals surface area contributed by atoms with Crippen molar-refractivity contribution in [3.05, 3.63) is 59.7 Å². The molecule has 2 aromatic rings. The van der Waals surface area contributed by atoms with Crippen LogP contribution in [0.1, 0.15) is 24.5 Å². The average Bonchev–Trinajstić information content (AvgIpc) is 2.83. The summed E-state index contributed by atoms with van der Waals surface area (Å²) in [5.41, 5.74) is 3.66. The maximum absolute atomic E-state index is 12.7. The molecule has 0 radical (unpaired) electrons. The number of hydrogen-bond acceptors (Lipinski definition) is 3. The normalized spacial score (nSPS) is 17.7. The van der Waals surface area contributed by atoms with Crippen LogP contribution >= 0.6 is 0 Å². The summed E-state index contributed by atoms with van der Waals surface area (Å²) < 4.78 is 0. The third kappa shape index (κ3) is 2.84. The Kier molecular flexibility index (Phi) is 4.15. The minimum atomic E-state index is -0.506. The molecule has 1 heterocycles. The lowest BCUT2D eigenvalue weighted by Gasteiger charge is -2.19. The Morgan fingerprint density at radius 2 is 1.78 bits per heavy atom. The molecular weight excluding hydrogens is 288 g/mol. The Morgan fingerprint density at radius 3 is 2.52 bits per heavy atom. The lowest BCUT2D eigenvalue weighted by atomic mass is 10.1. The summed E-state index contributed by atoms with van der Waals surface area (Å²) in [6, 6.07) is 14.8. The molecule has 1 aliphatic heterocycles. The predicted molar refractivity (Wildman–Crippen MR) is 91.5 cm³/mol. The van der Waals surface area contributed by atoms with Gasteiger partial charge in [0, 0.05) is 5.69 Å². The van der Waals surface area contributed by atoms with Gasteiger partial charge in [-0.1, -0.05) is 43.3 Å². The number of nitrogens with one attached hydrogen (secondary N) is 1. The number of benzene rings is 2. The van der Waals surface area contributed by atoms with Crippen molar-refractivity contribution in [2.75, 3.05) is 10.2 Å². The van der Waals surface area contributed by atoms with Gasteiger partial charge in [0.05, 0.1) is 12.1 Å². The van der Waals surface area contributed by atoms with Crippen LogP contribution in [0.3, 0.4) is 0 Å². The van der Waals surface area contributed by atoms with E-state index in [2.05, 4.69) is 5.32 Å². The average molecular weight is 308 g/mol. The number of carbonyl (C=O) groups is 2. The summed E-state index contributed by atoms with van der Waals surface area (Å²) in [4.78, 5) is 26.5. The van der Waals surface area contributed by atoms with Crippen LogP contribution in [0.4, 0.5) is 11.4 Å². The van der Waals surface area contributed by atoms with Crippen molar-refractivity contribution >= 4 is 23.2 Å². The van der Waals surface area contributed by atoms with Crippen molar-refractivity contribution in [2.24, 2.45) is 0 Å². The predicted octanol–water partition coefficient (Wildman–Crippen LogP) is 3.30. The Hall–Kier alpha value is -2.62. The summed E-state index contributed by atoms with van der Waals surface area (Å²) in [6.07, 6.45) is 0.967. The fourth-order valence-corrected chi connectivity index (χ4v) is 2.95. The second-order valence-electron chi connectivity index (χ2n) is 5.77. The summed E-state index contributed by atoms with van der Waals surface area (Å²) in [5.74, 6) is -0.332. The highest BCUT2D eigenvalue weighted by atomic mass is 16.2. The largest absolute Gasteiger partial charge is 0.373 e. The molecule has 0 aliphatic carbocycles. The van der Waals surface area contributed by atoms with E-state index < -0.39 is 6.04 Å². The zero-order valence-corrected chi connectivity index (χ0v) is 13.4. The molecule has 4 nitrogen and oxygen atoms in total. The van der Waals surface area contributed by atoms with Gasteiger partial charge in [-0.05, 0) is 36.6 Å². The zero-order valence-electron chi connectivity index (χ0n) is 13.4. The first kappa shape index (κ1) is 15.3. The second-order valence-corrected chi connectivity index (χ2v) is 5.77. The maximum Gasteiger partial charge on any atom is 0.256 e. The molecule has 4 heteroatoms. The van der Waals surface area contributed by atoms with E-state index in [1.54, 1.807) is 0 Å². The molecule has 1 aliphatic rings. The Labute approximate surface area is 136 Å². The summed E-state index contributed by atoms with van der Waals surface area (Å²) in [6.45, 7) is 4.00. The maximum atomic E-state index is 12.7. The van der Waals surface area contributed by atoms with Crippen molar-refractivity contribution in [2.45, 2.75) is 32.7 Å². The van der Waals surface area contributed by atoms with Crippen molar-refractivity contribution < 1.29 is 9.59 Å². The third-order valence-corrected chi connectivity index (χ3v) is 4.23. The number of para-hydroxylation sites is 2. The van der Waals surface area contributed by atoms with Gasteiger partial charge in [-0.3, -0.25) is 9.59 Å². The molecule has 1 fully saturated rings. The van der Waals surface area contributed by atoms with E-state index in [1.165, 1.54) is 4.90 Å². The van der Waals surface area contributed by atoms with Gasteiger partial charge >= 0.3 is 0 Å². The van der Waals surface area contributed by atoms with Crippen LogP contribution in [0.5, 0.6) is 0 Å². The summed E-state index contributed by atoms with van der Waals surface area (Å²) in [7, 11) is 0. The van der Waals surface area contributed by atoms with Gasteiger partial charge in [-0.25, -0.2) is 4.90 Å². The van der Waals surface area contributed by atoms with Gasteiger partial charge in [0.2, 0.25) is 5.91 Å². The van der Waals surface area contributed by atoms with Crippen LogP contribution in [-0.2, 0) is 16.0 Å². The second kappa shape index (κ2) is 6.24. The SMILES string of the molecule is CCc1ccccc1N1C(=O)C[C@@H](Nc2ccccc2C)C1=O. The van der Waals surface area contributed by atoms with Gasteiger partial charge in [0.15, 0.2) is 0 Å². The highest BCUT2D eigenvalue weighted by molar-refractivity contribution is 6.23. The molecule has 0 saturated carbocycles. The highest BCUT2D eigenvalue weighted by Crippen LogP contribution is 2.28. The third-order valence-electron chi connectivity index (χ3n) is 4.23. The molecule has 0 unspecified atom stereocenters. The number of anilines is 2. The van der Waals surface area contributed by atoms with Crippen LogP contribution in [0, 0.1) is 6.92 Å². The number of imide groups is 1. The molecule has 23 heavy (non-hydrogen) atoms. The highest BCUT2D eigenvalue weighted by Gasteiger charge is 2.40. The number of hydrogen-bond donors (Lipinski definition) is 1. The van der Waals surface area contributed by atoms with Gasteiger partial charge in [-0.2, -0.15) is 0 Å². The molecule has 2 amide bonds. The molecule has 118 valence electrons. The minimum Gasteiger partial charge on any atom is -0.373 e. The molecule has 0 aromatic heterocycles. The summed E-state index contributed by atoms with van der Waals surface area (Å²) in [5, 5.41) is 3.21. The number of nitrogens with zero attached hydrogens (tertiary/aromatic N) is 1. The van der Waals surface area contributed by atoms with Crippen molar-refractivity contribution in [1.29, 1.82) is 0 Å². The molecule has 3 rings (SSSR count). The smallest absolute Gasteiger partial charge is 0.256 e. The van der Waals surface area contributed by atoms with E-state index >= 15 is 0 Å². The molecule has 1 N–H and O–H groups in total. The Morgan fingerprint density at radius 1 is 1.09 bits per heavy atom. The standard InChI is InChI=1S/C19H20N2O2/c1-3-14-9-5-7-11-17(14)21-18(22)12-16(19(21)23)20-15-10-6-4-8-13(15)2/h4-11,16,20H,3,12H2,1-2H3/t16-/m1/s1. The summed E-state index contributed by atoms with van der Waals surface area (Å²) >= 11 is 0. The Bertz CT molecular complexity index is 755. The Balaban J connectivity index is 1.87. The topological polar surface area (TPSA) is 49.4 Å². The van der Waals surface area contributed by atoms with Crippen LogP contribution in [0.15, 0.2) is 48.5 Å². The number of aryl methyl sites for hydroxylation is 2. The van der Waals surface area contributed by atoms with Crippen LogP contribution in [0.25, 0.3) is 0 Å². The number of rotatable bonds is 4. The van der Waals surface area contributed by atoms with E-state index in [9.17, 15) is 9.59 Å². The van der Waals surface area contributed by atoms with E-state index in [0.29, 0.717) is 5.69 Å². The fraction of sp³-hybridized carbons (Fsp3) is 0.263. The van der Waals surface area contributed by atoms with E-state index in [0.717, 1.165) is 23.2 Å². The van der Waals surface area contributed by atoms with Crippen molar-refractivity contribution in [3.63, 3.8) is 0 Å². The quantitative estimate of drug-likeness (QED) is 0.882. The number of amides is 2.